The predicted octanol–water partition coefficient (Wildman–Crippen LogP) is 4.87. The Kier molecular flexibility index (Phi) is 5.69. The molecule has 4 aliphatic rings. The fourth-order valence-electron chi connectivity index (χ4n) is 7.89. The molecule has 0 bridgehead atoms. The number of carbonyl (C=O) groups is 2. The fourth-order valence-corrected chi connectivity index (χ4v) is 8.09. The molecule has 0 radical (unpaired) electrons. The zero-order valence-corrected chi connectivity index (χ0v) is 19.9. The number of halogens is 3. The highest BCUT2D eigenvalue weighted by Crippen LogP contribution is 2.71. The van der Waals surface area contributed by atoms with Gasteiger partial charge in [0.1, 0.15) is 6.17 Å². The van der Waals surface area contributed by atoms with Gasteiger partial charge >= 0.3 is 5.97 Å². The minimum Gasteiger partial charge on any atom is -0.450 e. The van der Waals surface area contributed by atoms with Crippen molar-refractivity contribution in [1.29, 1.82) is 0 Å². The van der Waals surface area contributed by atoms with Crippen molar-refractivity contribution < 1.29 is 28.2 Å². The van der Waals surface area contributed by atoms with Gasteiger partial charge in [0.25, 0.3) is 0 Å². The van der Waals surface area contributed by atoms with Crippen LogP contribution in [0.15, 0.2) is 23.8 Å². The van der Waals surface area contributed by atoms with E-state index in [0.29, 0.717) is 18.4 Å². The van der Waals surface area contributed by atoms with Crippen LogP contribution in [0.2, 0.25) is 0 Å². The summed E-state index contributed by atoms with van der Waals surface area (Å²) < 4.78 is 38.5. The smallest absolute Gasteiger partial charge is 0.306 e. The normalized spacial score (nSPS) is 49.5. The summed E-state index contributed by atoms with van der Waals surface area (Å²) in [6.45, 7) is 6.91. The van der Waals surface area contributed by atoms with E-state index in [1.807, 2.05) is 13.0 Å². The standard InChI is InChI=1S/C25H33ClF2O4/c1-5-21(31)32-25(20(30)13-26)14(2)10-16-17-11-18(27)15-8-6-7-9-22(15,3)24(17,28)19(29)12-23(16,25)4/h7-9,14,16-19,29H,5-6,10-13H2,1-4H3/t14-,16-,17-,18-,19-,22-,23-,24-,25-/m0/s1. The minimum atomic E-state index is -2.09. The van der Waals surface area contributed by atoms with Crippen LogP contribution in [0.3, 0.4) is 0 Å². The Morgan fingerprint density at radius 1 is 1.28 bits per heavy atom. The third-order valence-corrected chi connectivity index (χ3v) is 9.56. The summed E-state index contributed by atoms with van der Waals surface area (Å²) in [6.07, 6.45) is 3.36. The summed E-state index contributed by atoms with van der Waals surface area (Å²) in [4.78, 5) is 25.7. The molecule has 9 atom stereocenters. The van der Waals surface area contributed by atoms with Crippen LogP contribution < -0.4 is 0 Å². The van der Waals surface area contributed by atoms with Gasteiger partial charge in [-0.2, -0.15) is 0 Å². The first-order valence-corrected chi connectivity index (χ1v) is 12.2. The third-order valence-electron chi connectivity index (χ3n) is 9.31. The van der Waals surface area contributed by atoms with Gasteiger partial charge in [0.2, 0.25) is 0 Å². The van der Waals surface area contributed by atoms with E-state index in [2.05, 4.69) is 0 Å². The van der Waals surface area contributed by atoms with Crippen molar-refractivity contribution in [3.8, 4) is 0 Å². The second-order valence-corrected chi connectivity index (χ2v) is 10.8. The lowest BCUT2D eigenvalue weighted by atomic mass is 9.44. The van der Waals surface area contributed by atoms with Crippen LogP contribution in [0.25, 0.3) is 0 Å². The van der Waals surface area contributed by atoms with E-state index >= 15 is 8.78 Å². The van der Waals surface area contributed by atoms with E-state index in [9.17, 15) is 14.7 Å². The number of aliphatic hydroxyl groups is 1. The van der Waals surface area contributed by atoms with Gasteiger partial charge in [-0.1, -0.05) is 39.0 Å². The SMILES string of the molecule is CCC(=O)O[C@]1(C(=O)CCl)[C@@H](C)C[C@H]2[C@@H]3C[C@H](F)C4=CCC=C[C@]4(C)[C@@]3(F)[C@@H](O)C[C@@]21C. The van der Waals surface area contributed by atoms with Gasteiger partial charge in [-0.15, -0.1) is 11.6 Å². The van der Waals surface area contributed by atoms with Gasteiger partial charge in [-0.3, -0.25) is 9.59 Å². The highest BCUT2D eigenvalue weighted by atomic mass is 35.5. The van der Waals surface area contributed by atoms with E-state index in [1.165, 1.54) is 0 Å². The largest absolute Gasteiger partial charge is 0.450 e. The molecule has 3 fully saturated rings. The number of ketones is 1. The number of aliphatic hydroxyl groups excluding tert-OH is 1. The maximum absolute atomic E-state index is 17.2. The summed E-state index contributed by atoms with van der Waals surface area (Å²) in [5, 5.41) is 11.4. The number of hydrogen-bond donors (Lipinski definition) is 1. The molecule has 4 nitrogen and oxygen atoms in total. The molecule has 0 amide bonds. The molecule has 0 aromatic heterocycles. The predicted molar refractivity (Wildman–Crippen MR) is 118 cm³/mol. The van der Waals surface area contributed by atoms with Crippen molar-refractivity contribution in [2.75, 3.05) is 5.88 Å². The Hall–Kier alpha value is -1.27. The first kappa shape index (κ1) is 23.9. The molecular formula is C25H33ClF2O4. The average Bonchev–Trinajstić information content (AvgIpc) is 2.97. The highest BCUT2D eigenvalue weighted by Gasteiger charge is 2.77. The monoisotopic (exact) mass is 470 g/mol. The Labute approximate surface area is 193 Å². The third kappa shape index (κ3) is 2.68. The molecule has 0 aromatic carbocycles. The van der Waals surface area contributed by atoms with Crippen LogP contribution in [0, 0.1) is 28.6 Å². The fraction of sp³-hybridized carbons (Fsp3) is 0.760. The molecule has 7 heteroatoms. The second kappa shape index (κ2) is 7.63. The van der Waals surface area contributed by atoms with Crippen molar-refractivity contribution in [1.82, 2.24) is 0 Å². The van der Waals surface area contributed by atoms with Gasteiger partial charge in [-0.05, 0) is 44.1 Å². The van der Waals surface area contributed by atoms with Gasteiger partial charge in [0.05, 0.1) is 12.0 Å². The van der Waals surface area contributed by atoms with Crippen LogP contribution in [0.5, 0.6) is 0 Å². The van der Waals surface area contributed by atoms with Crippen molar-refractivity contribution in [2.24, 2.45) is 28.6 Å². The molecule has 32 heavy (non-hydrogen) atoms. The Morgan fingerprint density at radius 2 is 1.97 bits per heavy atom. The van der Waals surface area contributed by atoms with Gasteiger partial charge < -0.3 is 9.84 Å². The van der Waals surface area contributed by atoms with Gasteiger partial charge in [0, 0.05) is 29.1 Å². The number of alkyl halides is 3. The number of hydrogen-bond acceptors (Lipinski definition) is 4. The van der Waals surface area contributed by atoms with Crippen LogP contribution in [0.1, 0.15) is 59.8 Å². The maximum Gasteiger partial charge on any atom is 0.306 e. The van der Waals surface area contributed by atoms with Crippen molar-refractivity contribution in [3.05, 3.63) is 23.8 Å². The molecule has 0 aliphatic heterocycles. The molecule has 1 N–H and O–H groups in total. The quantitative estimate of drug-likeness (QED) is 0.361. The lowest BCUT2D eigenvalue weighted by molar-refractivity contribution is -0.230. The number of carbonyl (C=O) groups excluding carboxylic acids is 2. The molecule has 4 rings (SSSR count). The molecule has 0 aromatic rings. The van der Waals surface area contributed by atoms with Gasteiger partial charge in [-0.25, -0.2) is 8.78 Å². The average molecular weight is 471 g/mol. The highest BCUT2D eigenvalue weighted by molar-refractivity contribution is 6.29. The minimum absolute atomic E-state index is 0.0668. The lowest BCUT2D eigenvalue weighted by Gasteiger charge is -2.63. The number of allylic oxidation sites excluding steroid dienone is 4. The maximum atomic E-state index is 17.2. The number of ether oxygens (including phenoxy) is 1. The zero-order valence-electron chi connectivity index (χ0n) is 19.2. The summed E-state index contributed by atoms with van der Waals surface area (Å²) in [7, 11) is 0. The Balaban J connectivity index is 1.87. The molecule has 0 heterocycles. The molecule has 178 valence electrons. The first-order chi connectivity index (χ1) is 14.9. The van der Waals surface area contributed by atoms with Crippen LogP contribution >= 0.6 is 11.6 Å². The molecular weight excluding hydrogens is 438 g/mol. The summed E-state index contributed by atoms with van der Waals surface area (Å²) in [5.74, 6) is -3.04. The Bertz CT molecular complexity index is 889. The molecule has 0 saturated heterocycles. The summed E-state index contributed by atoms with van der Waals surface area (Å²) >= 11 is 5.99. The first-order valence-electron chi connectivity index (χ1n) is 11.6. The second-order valence-electron chi connectivity index (χ2n) is 10.6. The summed E-state index contributed by atoms with van der Waals surface area (Å²) in [6, 6.07) is 0. The summed E-state index contributed by atoms with van der Waals surface area (Å²) in [5.41, 5.74) is -5.58. The van der Waals surface area contributed by atoms with Gasteiger partial charge in [0.15, 0.2) is 17.1 Å². The van der Waals surface area contributed by atoms with Crippen LogP contribution in [-0.4, -0.2) is 46.3 Å². The lowest BCUT2D eigenvalue weighted by Crippen LogP contribution is -2.71. The van der Waals surface area contributed by atoms with Crippen LogP contribution in [-0.2, 0) is 14.3 Å². The molecule has 4 aliphatic carbocycles. The van der Waals surface area contributed by atoms with E-state index in [1.54, 1.807) is 32.9 Å². The van der Waals surface area contributed by atoms with E-state index in [-0.39, 0.29) is 25.1 Å². The number of rotatable bonds is 4. The van der Waals surface area contributed by atoms with Crippen molar-refractivity contribution >= 4 is 23.4 Å². The number of Topliss-reactive ketones (excluding diaryl/α,β-unsaturated/α-hetero) is 1. The van der Waals surface area contributed by atoms with E-state index < -0.39 is 63.9 Å². The van der Waals surface area contributed by atoms with E-state index in [4.69, 9.17) is 16.3 Å². The number of esters is 1. The molecule has 0 unspecified atom stereocenters. The molecule has 3 saturated carbocycles. The zero-order chi connectivity index (χ0) is 23.7. The van der Waals surface area contributed by atoms with Crippen molar-refractivity contribution in [2.45, 2.75) is 83.3 Å². The van der Waals surface area contributed by atoms with Crippen molar-refractivity contribution in [3.63, 3.8) is 0 Å². The Morgan fingerprint density at radius 3 is 2.59 bits per heavy atom. The number of fused-ring (bicyclic) bond motifs is 5. The van der Waals surface area contributed by atoms with E-state index in [0.717, 1.165) is 0 Å². The van der Waals surface area contributed by atoms with Crippen LogP contribution in [0.4, 0.5) is 8.78 Å². The molecule has 0 spiro atoms. The topological polar surface area (TPSA) is 63.6 Å².